The number of aromatic nitrogens is 2. The Balaban J connectivity index is 2.14. The molecule has 4 nitrogen and oxygen atoms in total. The molecule has 0 radical (unpaired) electrons. The molecule has 1 heterocycles. The van der Waals surface area contributed by atoms with Crippen molar-refractivity contribution in [3.63, 3.8) is 0 Å². The number of nitrogens with zero attached hydrogens (tertiary/aromatic N) is 2. The maximum Gasteiger partial charge on any atom is 0.303 e. The molecule has 0 fully saturated rings. The van der Waals surface area contributed by atoms with Crippen molar-refractivity contribution in [2.45, 2.75) is 19.8 Å². The molecule has 0 aliphatic carbocycles. The molecule has 0 amide bonds. The van der Waals surface area contributed by atoms with Gasteiger partial charge in [-0.05, 0) is 25.0 Å². The number of hydrogen-bond donors (Lipinski definition) is 1. The van der Waals surface area contributed by atoms with Crippen molar-refractivity contribution in [3.8, 4) is 11.4 Å². The lowest BCUT2D eigenvalue weighted by Gasteiger charge is -2.02. The van der Waals surface area contributed by atoms with Gasteiger partial charge in [-0.3, -0.25) is 4.79 Å². The van der Waals surface area contributed by atoms with E-state index in [2.05, 4.69) is 9.97 Å². The van der Waals surface area contributed by atoms with Gasteiger partial charge in [0, 0.05) is 24.4 Å². The third kappa shape index (κ3) is 3.13. The first-order valence-electron chi connectivity index (χ1n) is 5.75. The van der Waals surface area contributed by atoms with Gasteiger partial charge in [0.25, 0.3) is 0 Å². The van der Waals surface area contributed by atoms with E-state index in [9.17, 15) is 4.79 Å². The Morgan fingerprint density at radius 1 is 1.28 bits per heavy atom. The Kier molecular flexibility index (Phi) is 3.67. The van der Waals surface area contributed by atoms with Crippen LogP contribution < -0.4 is 0 Å². The highest BCUT2D eigenvalue weighted by atomic mass is 16.4. The molecular weight excluding hydrogens is 228 g/mol. The van der Waals surface area contributed by atoms with E-state index < -0.39 is 5.97 Å². The lowest BCUT2D eigenvalue weighted by molar-refractivity contribution is -0.136. The fourth-order valence-corrected chi connectivity index (χ4v) is 1.67. The van der Waals surface area contributed by atoms with Crippen LogP contribution in [0.1, 0.15) is 17.5 Å². The lowest BCUT2D eigenvalue weighted by atomic mass is 10.1. The predicted octanol–water partition coefficient (Wildman–Crippen LogP) is 2.47. The zero-order chi connectivity index (χ0) is 13.0. The number of hydrogen-bond acceptors (Lipinski definition) is 3. The van der Waals surface area contributed by atoms with E-state index in [1.54, 1.807) is 12.4 Å². The topological polar surface area (TPSA) is 63.1 Å². The smallest absolute Gasteiger partial charge is 0.303 e. The quantitative estimate of drug-likeness (QED) is 0.894. The minimum atomic E-state index is -0.808. The highest BCUT2D eigenvalue weighted by Gasteiger charge is 2.03. The second kappa shape index (κ2) is 5.40. The van der Waals surface area contributed by atoms with Gasteiger partial charge in [0.2, 0.25) is 0 Å². The van der Waals surface area contributed by atoms with Crippen molar-refractivity contribution in [1.29, 1.82) is 0 Å². The average molecular weight is 242 g/mol. The Morgan fingerprint density at radius 3 is 2.61 bits per heavy atom. The largest absolute Gasteiger partial charge is 0.481 e. The molecule has 0 atom stereocenters. The predicted molar refractivity (Wildman–Crippen MR) is 68.2 cm³/mol. The summed E-state index contributed by atoms with van der Waals surface area (Å²) in [5.41, 5.74) is 2.97. The maximum atomic E-state index is 10.5. The van der Waals surface area contributed by atoms with Gasteiger partial charge < -0.3 is 5.11 Å². The van der Waals surface area contributed by atoms with E-state index >= 15 is 0 Å². The Morgan fingerprint density at radius 2 is 2.00 bits per heavy atom. The minimum Gasteiger partial charge on any atom is -0.481 e. The summed E-state index contributed by atoms with van der Waals surface area (Å²) < 4.78 is 0. The first kappa shape index (κ1) is 12.2. The molecule has 0 bridgehead atoms. The first-order chi connectivity index (χ1) is 8.65. The summed E-state index contributed by atoms with van der Waals surface area (Å²) in [7, 11) is 0. The summed E-state index contributed by atoms with van der Waals surface area (Å²) in [5, 5.41) is 8.60. The first-order valence-corrected chi connectivity index (χ1v) is 5.75. The number of aliphatic carboxylic acids is 1. The molecule has 0 aliphatic rings. The van der Waals surface area contributed by atoms with Gasteiger partial charge in [0.05, 0.1) is 0 Å². The Labute approximate surface area is 105 Å². The maximum absolute atomic E-state index is 10.5. The summed E-state index contributed by atoms with van der Waals surface area (Å²) in [6.07, 6.45) is 3.94. The molecule has 92 valence electrons. The fraction of sp³-hybridized carbons (Fsp3) is 0.214. The van der Waals surface area contributed by atoms with Gasteiger partial charge in [-0.25, -0.2) is 9.97 Å². The summed E-state index contributed by atoms with van der Waals surface area (Å²) in [6.45, 7) is 2.02. The molecular formula is C14H14N2O2. The molecule has 1 aromatic carbocycles. The Hall–Kier alpha value is -2.23. The van der Waals surface area contributed by atoms with Gasteiger partial charge in [0.15, 0.2) is 5.82 Å². The summed E-state index contributed by atoms with van der Waals surface area (Å²) in [6, 6.07) is 7.96. The molecule has 0 aliphatic heterocycles. The van der Waals surface area contributed by atoms with Crippen LogP contribution in [0.5, 0.6) is 0 Å². The number of benzene rings is 1. The molecule has 0 saturated heterocycles. The average Bonchev–Trinajstić information content (AvgIpc) is 2.37. The van der Waals surface area contributed by atoms with Crippen molar-refractivity contribution in [2.24, 2.45) is 0 Å². The number of carbonyl (C=O) groups is 1. The standard InChI is InChI=1S/C14H14N2O2/c1-10-3-2-4-12(7-10)14-15-8-11(9-16-14)5-6-13(17)18/h2-4,7-9H,5-6H2,1H3,(H,17,18). The molecule has 1 aromatic heterocycles. The molecule has 2 rings (SSSR count). The molecule has 0 saturated carbocycles. The van der Waals surface area contributed by atoms with Gasteiger partial charge >= 0.3 is 5.97 Å². The van der Waals surface area contributed by atoms with Crippen LogP contribution >= 0.6 is 0 Å². The van der Waals surface area contributed by atoms with Crippen LogP contribution in [-0.2, 0) is 11.2 Å². The molecule has 1 N–H and O–H groups in total. The highest BCUT2D eigenvalue weighted by molar-refractivity contribution is 5.67. The fourth-order valence-electron chi connectivity index (χ4n) is 1.67. The Bertz CT molecular complexity index is 550. The van der Waals surface area contributed by atoms with E-state index in [1.807, 2.05) is 31.2 Å². The second-order valence-electron chi connectivity index (χ2n) is 4.18. The zero-order valence-corrected chi connectivity index (χ0v) is 10.1. The van der Waals surface area contributed by atoms with Crippen LogP contribution in [0, 0.1) is 6.92 Å². The van der Waals surface area contributed by atoms with E-state index in [-0.39, 0.29) is 6.42 Å². The van der Waals surface area contributed by atoms with Crippen molar-refractivity contribution in [2.75, 3.05) is 0 Å². The third-order valence-electron chi connectivity index (χ3n) is 2.61. The van der Waals surface area contributed by atoms with Crippen molar-refractivity contribution >= 4 is 5.97 Å². The van der Waals surface area contributed by atoms with Crippen molar-refractivity contribution in [1.82, 2.24) is 9.97 Å². The molecule has 2 aromatic rings. The van der Waals surface area contributed by atoms with Crippen LogP contribution in [0.2, 0.25) is 0 Å². The summed E-state index contributed by atoms with van der Waals surface area (Å²) in [4.78, 5) is 19.0. The SMILES string of the molecule is Cc1cccc(-c2ncc(CCC(=O)O)cn2)c1. The van der Waals surface area contributed by atoms with Crippen LogP contribution in [0.4, 0.5) is 0 Å². The summed E-state index contributed by atoms with van der Waals surface area (Å²) in [5.74, 6) is -0.143. The monoisotopic (exact) mass is 242 g/mol. The number of carboxylic acids is 1. The second-order valence-corrected chi connectivity index (χ2v) is 4.18. The van der Waals surface area contributed by atoms with Crippen molar-refractivity contribution in [3.05, 3.63) is 47.8 Å². The molecule has 18 heavy (non-hydrogen) atoms. The van der Waals surface area contributed by atoms with Gasteiger partial charge in [-0.1, -0.05) is 23.8 Å². The number of carboxylic acid groups (broad SMARTS) is 1. The molecule has 4 heteroatoms. The highest BCUT2D eigenvalue weighted by Crippen LogP contribution is 2.15. The third-order valence-corrected chi connectivity index (χ3v) is 2.61. The molecule has 0 spiro atoms. The summed E-state index contributed by atoms with van der Waals surface area (Å²) >= 11 is 0. The van der Waals surface area contributed by atoms with Gasteiger partial charge in [0.1, 0.15) is 0 Å². The van der Waals surface area contributed by atoms with E-state index in [0.29, 0.717) is 12.2 Å². The number of rotatable bonds is 4. The van der Waals surface area contributed by atoms with E-state index in [4.69, 9.17) is 5.11 Å². The van der Waals surface area contributed by atoms with Crippen LogP contribution in [0.15, 0.2) is 36.7 Å². The van der Waals surface area contributed by atoms with Crippen LogP contribution in [-0.4, -0.2) is 21.0 Å². The lowest BCUT2D eigenvalue weighted by Crippen LogP contribution is -1.99. The minimum absolute atomic E-state index is 0.104. The van der Waals surface area contributed by atoms with E-state index in [1.165, 1.54) is 0 Å². The zero-order valence-electron chi connectivity index (χ0n) is 10.1. The number of aryl methyl sites for hydroxylation is 2. The van der Waals surface area contributed by atoms with Crippen LogP contribution in [0.3, 0.4) is 0 Å². The normalized spacial score (nSPS) is 10.3. The van der Waals surface area contributed by atoms with Gasteiger partial charge in [-0.15, -0.1) is 0 Å². The van der Waals surface area contributed by atoms with Gasteiger partial charge in [-0.2, -0.15) is 0 Å². The van der Waals surface area contributed by atoms with Crippen molar-refractivity contribution < 1.29 is 9.90 Å². The molecule has 0 unspecified atom stereocenters. The van der Waals surface area contributed by atoms with E-state index in [0.717, 1.165) is 16.7 Å². The van der Waals surface area contributed by atoms with Crippen LogP contribution in [0.25, 0.3) is 11.4 Å².